The molecule has 6 heteroatoms. The summed E-state index contributed by atoms with van der Waals surface area (Å²) in [5, 5.41) is 13.7. The van der Waals surface area contributed by atoms with Gasteiger partial charge in [-0.05, 0) is 51.9 Å². The van der Waals surface area contributed by atoms with Gasteiger partial charge in [-0.25, -0.2) is 4.98 Å². The summed E-state index contributed by atoms with van der Waals surface area (Å²) in [6.07, 6.45) is 0. The zero-order valence-electron chi connectivity index (χ0n) is 28.5. The summed E-state index contributed by atoms with van der Waals surface area (Å²) in [5.41, 5.74) is 6.75. The van der Waals surface area contributed by atoms with E-state index in [0.717, 1.165) is 60.6 Å². The van der Waals surface area contributed by atoms with Crippen LogP contribution in [-0.2, 0) is 0 Å². The van der Waals surface area contributed by atoms with E-state index in [1.807, 2.05) is 41.7 Å². The second-order valence-electron chi connectivity index (χ2n) is 14.0. The van der Waals surface area contributed by atoms with Gasteiger partial charge in [0.05, 0.1) is 26.8 Å². The fourth-order valence-electron chi connectivity index (χ4n) is 8.98. The average Bonchev–Trinajstić information content (AvgIpc) is 3.99. The highest BCUT2D eigenvalue weighted by Gasteiger charge is 2.27. The maximum Gasteiger partial charge on any atom is 0.238 e. The molecule has 0 atom stereocenters. The molecule has 0 aliphatic rings. The van der Waals surface area contributed by atoms with E-state index in [-0.39, 0.29) is 0 Å². The molecule has 0 bridgehead atoms. The molecule has 0 saturated heterocycles. The minimum atomic E-state index is 0.536. The summed E-state index contributed by atoms with van der Waals surface area (Å²) in [4.78, 5) is 11.0. The van der Waals surface area contributed by atoms with Gasteiger partial charge in [0.2, 0.25) is 11.7 Å². The van der Waals surface area contributed by atoms with Crippen LogP contribution in [0.2, 0.25) is 0 Å². The van der Waals surface area contributed by atoms with Gasteiger partial charge < -0.3 is 8.83 Å². The van der Waals surface area contributed by atoms with Crippen LogP contribution in [0.4, 0.5) is 0 Å². The normalized spacial score (nSPS) is 12.4. The molecule has 0 aliphatic carbocycles. The standard InChI is InChI=1S/C48H25N3O2S/c1-2-13-27-26(12-1)24-25-35-40(27)41-30-16-4-3-15-29(30)39-33-18-7-10-23-38(33)54-46(39)44(41)51(35)48-49-43(42-32-17-6-9-22-37(32)53-47(42)50-48)34-20-11-19-31-28-14-5-8-21-36(28)52-45(31)34/h1-25H. The summed E-state index contributed by atoms with van der Waals surface area (Å²) in [7, 11) is 0. The molecule has 5 nitrogen and oxygen atoms in total. The van der Waals surface area contributed by atoms with Crippen molar-refractivity contribution in [2.45, 2.75) is 0 Å². The average molecular weight is 708 g/mol. The Morgan fingerprint density at radius 3 is 1.98 bits per heavy atom. The van der Waals surface area contributed by atoms with Gasteiger partial charge >= 0.3 is 0 Å². The van der Waals surface area contributed by atoms with E-state index in [2.05, 4.69) is 126 Å². The predicted octanol–water partition coefficient (Wildman–Crippen LogP) is 13.7. The van der Waals surface area contributed by atoms with Crippen LogP contribution in [0.5, 0.6) is 0 Å². The second kappa shape index (κ2) is 10.3. The number of para-hydroxylation sites is 3. The number of hydrogen-bond acceptors (Lipinski definition) is 5. The van der Waals surface area contributed by atoms with E-state index in [1.54, 1.807) is 0 Å². The van der Waals surface area contributed by atoms with Crippen LogP contribution in [0.3, 0.4) is 0 Å². The Morgan fingerprint density at radius 1 is 0.463 bits per heavy atom. The Kier molecular flexibility index (Phi) is 5.45. The topological polar surface area (TPSA) is 57.0 Å². The zero-order valence-corrected chi connectivity index (χ0v) is 29.3. The molecular formula is C48H25N3O2S. The van der Waals surface area contributed by atoms with Crippen LogP contribution in [0.1, 0.15) is 0 Å². The first-order chi connectivity index (χ1) is 26.8. The van der Waals surface area contributed by atoms with Gasteiger partial charge in [0, 0.05) is 48.0 Å². The van der Waals surface area contributed by atoms with E-state index in [1.165, 1.54) is 52.5 Å². The van der Waals surface area contributed by atoms with Crippen LogP contribution < -0.4 is 0 Å². The van der Waals surface area contributed by atoms with E-state index in [0.29, 0.717) is 11.7 Å². The van der Waals surface area contributed by atoms with E-state index < -0.39 is 0 Å². The Morgan fingerprint density at radius 2 is 1.13 bits per heavy atom. The number of aromatic nitrogens is 3. The molecule has 0 amide bonds. The molecule has 0 fully saturated rings. The largest absolute Gasteiger partial charge is 0.455 e. The van der Waals surface area contributed by atoms with E-state index in [9.17, 15) is 0 Å². The molecule has 250 valence electrons. The summed E-state index contributed by atoms with van der Waals surface area (Å²) >= 11 is 1.83. The molecule has 0 aliphatic heterocycles. The van der Waals surface area contributed by atoms with Crippen LogP contribution >= 0.6 is 11.3 Å². The summed E-state index contributed by atoms with van der Waals surface area (Å²) in [5.74, 6) is 0.550. The quantitative estimate of drug-likeness (QED) is 0.179. The van der Waals surface area contributed by atoms with Gasteiger partial charge in [0.25, 0.3) is 0 Å². The minimum absolute atomic E-state index is 0.536. The molecule has 0 saturated carbocycles. The molecule has 0 unspecified atom stereocenters. The lowest BCUT2D eigenvalue weighted by atomic mass is 9.97. The third-order valence-corrected chi connectivity index (χ3v) is 12.4. The first kappa shape index (κ1) is 28.6. The predicted molar refractivity (Wildman–Crippen MR) is 224 cm³/mol. The summed E-state index contributed by atoms with van der Waals surface area (Å²) in [6.45, 7) is 0. The number of nitrogens with zero attached hydrogens (tertiary/aromatic N) is 3. The molecule has 13 rings (SSSR count). The Labute approximate surface area is 309 Å². The van der Waals surface area contributed by atoms with Gasteiger partial charge in [-0.3, -0.25) is 4.57 Å². The zero-order chi connectivity index (χ0) is 35.1. The van der Waals surface area contributed by atoms with Gasteiger partial charge in [-0.1, -0.05) is 121 Å². The first-order valence-electron chi connectivity index (χ1n) is 18.1. The van der Waals surface area contributed by atoms with Crippen molar-refractivity contribution in [1.82, 2.24) is 14.5 Å². The third-order valence-electron chi connectivity index (χ3n) is 11.2. The van der Waals surface area contributed by atoms with Crippen molar-refractivity contribution in [3.8, 4) is 17.2 Å². The fraction of sp³-hybridized carbons (Fsp3) is 0. The van der Waals surface area contributed by atoms with Crippen molar-refractivity contribution < 1.29 is 8.83 Å². The Bertz CT molecular complexity index is 3750. The lowest BCUT2D eigenvalue weighted by molar-refractivity contribution is 0.651. The maximum atomic E-state index is 6.64. The fourth-order valence-corrected chi connectivity index (χ4v) is 10.2. The Balaban J connectivity index is 1.27. The molecule has 0 N–H and O–H groups in total. The number of benzene rings is 8. The van der Waals surface area contributed by atoms with Crippen LogP contribution in [-0.4, -0.2) is 14.5 Å². The summed E-state index contributed by atoms with van der Waals surface area (Å²) in [6, 6.07) is 53.4. The van der Waals surface area contributed by atoms with Gasteiger partial charge in [0.15, 0.2) is 0 Å². The van der Waals surface area contributed by atoms with Crippen molar-refractivity contribution in [2.75, 3.05) is 0 Å². The SMILES string of the molecule is c1ccc2c(c1)ccc1c2c2c3ccccc3c3c4ccccc4sc3c2n1-c1nc(-c2cccc3c2oc2ccccc23)c2c(n1)oc1ccccc12. The monoisotopic (exact) mass is 707 g/mol. The smallest absolute Gasteiger partial charge is 0.238 e. The van der Waals surface area contributed by atoms with Gasteiger partial charge in [-0.15, -0.1) is 11.3 Å². The van der Waals surface area contributed by atoms with Crippen molar-refractivity contribution >= 4 is 119 Å². The highest BCUT2D eigenvalue weighted by Crippen LogP contribution is 2.49. The molecule has 13 aromatic rings. The number of furan rings is 2. The van der Waals surface area contributed by atoms with Crippen molar-refractivity contribution in [2.24, 2.45) is 0 Å². The van der Waals surface area contributed by atoms with E-state index in [4.69, 9.17) is 18.8 Å². The molecule has 5 heterocycles. The van der Waals surface area contributed by atoms with E-state index >= 15 is 0 Å². The third kappa shape index (κ3) is 3.62. The lowest BCUT2D eigenvalue weighted by Crippen LogP contribution is -2.03. The van der Waals surface area contributed by atoms with Crippen molar-refractivity contribution in [3.05, 3.63) is 152 Å². The van der Waals surface area contributed by atoms with Gasteiger partial charge in [0.1, 0.15) is 16.7 Å². The maximum absolute atomic E-state index is 6.64. The highest BCUT2D eigenvalue weighted by atomic mass is 32.1. The van der Waals surface area contributed by atoms with Crippen LogP contribution in [0.25, 0.3) is 125 Å². The molecular weight excluding hydrogens is 683 g/mol. The minimum Gasteiger partial charge on any atom is -0.455 e. The lowest BCUT2D eigenvalue weighted by Gasteiger charge is -2.11. The Hall–Kier alpha value is -7.02. The molecule has 54 heavy (non-hydrogen) atoms. The molecule has 0 radical (unpaired) electrons. The number of fused-ring (bicyclic) bond motifs is 18. The summed E-state index contributed by atoms with van der Waals surface area (Å²) < 4.78 is 18.0. The van der Waals surface area contributed by atoms with Crippen molar-refractivity contribution in [3.63, 3.8) is 0 Å². The number of rotatable bonds is 2. The number of thiophene rings is 1. The van der Waals surface area contributed by atoms with Gasteiger partial charge in [-0.2, -0.15) is 4.98 Å². The van der Waals surface area contributed by atoms with Crippen LogP contribution in [0, 0.1) is 0 Å². The number of hydrogen-bond donors (Lipinski definition) is 0. The molecule has 8 aromatic carbocycles. The molecule has 0 spiro atoms. The van der Waals surface area contributed by atoms with Crippen molar-refractivity contribution in [1.29, 1.82) is 0 Å². The first-order valence-corrected chi connectivity index (χ1v) is 18.9. The second-order valence-corrected chi connectivity index (χ2v) is 15.1. The van der Waals surface area contributed by atoms with Crippen LogP contribution in [0.15, 0.2) is 160 Å². The molecule has 5 aromatic heterocycles. The highest BCUT2D eigenvalue weighted by molar-refractivity contribution is 7.27.